The molecular formula is C11H10N4O. The van der Waals surface area contributed by atoms with Gasteiger partial charge in [0.1, 0.15) is 18.1 Å². The summed E-state index contributed by atoms with van der Waals surface area (Å²) in [5.74, 6) is 0.978. The van der Waals surface area contributed by atoms with Crippen molar-refractivity contribution in [2.45, 2.75) is 6.54 Å². The number of methoxy groups -OCH3 is 1. The number of nitriles is 1. The number of para-hydroxylation sites is 1. The first-order valence-electron chi connectivity index (χ1n) is 4.75. The van der Waals surface area contributed by atoms with Crippen LogP contribution in [0.1, 0.15) is 11.4 Å². The van der Waals surface area contributed by atoms with Crippen molar-refractivity contribution in [2.24, 2.45) is 0 Å². The standard InChI is InChI=1S/C11H10N4O/c1-16-10-5-3-2-4-9(10)7-15-8-13-11(6-12)14-15/h2-5,8H,7H2,1H3. The van der Waals surface area contributed by atoms with Gasteiger partial charge in [-0.1, -0.05) is 18.2 Å². The van der Waals surface area contributed by atoms with E-state index in [0.29, 0.717) is 6.54 Å². The summed E-state index contributed by atoms with van der Waals surface area (Å²) >= 11 is 0. The molecule has 0 atom stereocenters. The van der Waals surface area contributed by atoms with Crippen LogP contribution in [0.25, 0.3) is 0 Å². The van der Waals surface area contributed by atoms with Crippen LogP contribution in [0, 0.1) is 11.3 Å². The molecule has 0 aliphatic heterocycles. The molecule has 80 valence electrons. The average Bonchev–Trinajstić information content (AvgIpc) is 2.77. The van der Waals surface area contributed by atoms with Crippen molar-refractivity contribution >= 4 is 0 Å². The van der Waals surface area contributed by atoms with E-state index in [4.69, 9.17) is 10.00 Å². The Labute approximate surface area is 92.9 Å². The number of benzene rings is 1. The lowest BCUT2D eigenvalue weighted by molar-refractivity contribution is 0.407. The maximum absolute atomic E-state index is 8.60. The van der Waals surface area contributed by atoms with Gasteiger partial charge < -0.3 is 4.74 Å². The smallest absolute Gasteiger partial charge is 0.252 e. The number of nitrogens with zero attached hydrogens (tertiary/aromatic N) is 4. The highest BCUT2D eigenvalue weighted by atomic mass is 16.5. The third kappa shape index (κ3) is 2.01. The van der Waals surface area contributed by atoms with E-state index in [-0.39, 0.29) is 5.82 Å². The van der Waals surface area contributed by atoms with Gasteiger partial charge in [-0.2, -0.15) is 5.26 Å². The molecule has 16 heavy (non-hydrogen) atoms. The molecule has 0 spiro atoms. The van der Waals surface area contributed by atoms with E-state index in [1.165, 1.54) is 6.33 Å². The van der Waals surface area contributed by atoms with Gasteiger partial charge in [0.05, 0.1) is 13.7 Å². The predicted octanol–water partition coefficient (Wildman–Crippen LogP) is 1.21. The van der Waals surface area contributed by atoms with Crippen LogP contribution in [0.5, 0.6) is 5.75 Å². The molecule has 0 saturated heterocycles. The fraction of sp³-hybridized carbons (Fsp3) is 0.182. The quantitative estimate of drug-likeness (QED) is 0.770. The van der Waals surface area contributed by atoms with E-state index < -0.39 is 0 Å². The second-order valence-corrected chi connectivity index (χ2v) is 3.19. The molecule has 0 unspecified atom stereocenters. The molecule has 0 N–H and O–H groups in total. The highest BCUT2D eigenvalue weighted by Crippen LogP contribution is 2.17. The van der Waals surface area contributed by atoms with E-state index in [1.807, 2.05) is 30.3 Å². The molecule has 0 fully saturated rings. The molecule has 5 nitrogen and oxygen atoms in total. The van der Waals surface area contributed by atoms with Gasteiger partial charge in [-0.15, -0.1) is 5.10 Å². The topological polar surface area (TPSA) is 63.7 Å². The molecule has 0 aliphatic carbocycles. The first kappa shape index (κ1) is 10.2. The summed E-state index contributed by atoms with van der Waals surface area (Å²) in [6.07, 6.45) is 1.53. The average molecular weight is 214 g/mol. The fourth-order valence-electron chi connectivity index (χ4n) is 1.43. The van der Waals surface area contributed by atoms with Gasteiger partial charge in [-0.3, -0.25) is 0 Å². The van der Waals surface area contributed by atoms with Crippen molar-refractivity contribution in [1.29, 1.82) is 5.26 Å². The lowest BCUT2D eigenvalue weighted by Gasteiger charge is -2.07. The van der Waals surface area contributed by atoms with Gasteiger partial charge in [-0.05, 0) is 6.07 Å². The molecule has 2 aromatic rings. The van der Waals surface area contributed by atoms with Gasteiger partial charge in [-0.25, -0.2) is 9.67 Å². The highest BCUT2D eigenvalue weighted by molar-refractivity contribution is 5.33. The Bertz CT molecular complexity index is 527. The summed E-state index contributed by atoms with van der Waals surface area (Å²) < 4.78 is 6.83. The van der Waals surface area contributed by atoms with Crippen molar-refractivity contribution in [1.82, 2.24) is 14.8 Å². The first-order valence-corrected chi connectivity index (χ1v) is 4.75. The van der Waals surface area contributed by atoms with Crippen LogP contribution in [0.4, 0.5) is 0 Å². The molecule has 2 rings (SSSR count). The third-order valence-electron chi connectivity index (χ3n) is 2.16. The Morgan fingerprint density at radius 3 is 2.94 bits per heavy atom. The molecule has 0 bridgehead atoms. The maximum Gasteiger partial charge on any atom is 0.252 e. The minimum Gasteiger partial charge on any atom is -0.496 e. The van der Waals surface area contributed by atoms with Crippen LogP contribution in [-0.4, -0.2) is 21.9 Å². The van der Waals surface area contributed by atoms with Crippen LogP contribution < -0.4 is 4.74 Å². The summed E-state index contributed by atoms with van der Waals surface area (Å²) in [5.41, 5.74) is 0.999. The van der Waals surface area contributed by atoms with E-state index in [1.54, 1.807) is 11.8 Å². The van der Waals surface area contributed by atoms with Crippen LogP contribution in [0.2, 0.25) is 0 Å². The second kappa shape index (κ2) is 4.45. The van der Waals surface area contributed by atoms with E-state index in [0.717, 1.165) is 11.3 Å². The predicted molar refractivity (Wildman–Crippen MR) is 56.8 cm³/mol. The lowest BCUT2D eigenvalue weighted by Crippen LogP contribution is -2.02. The second-order valence-electron chi connectivity index (χ2n) is 3.19. The van der Waals surface area contributed by atoms with Crippen LogP contribution in [-0.2, 0) is 6.54 Å². The van der Waals surface area contributed by atoms with E-state index in [9.17, 15) is 0 Å². The number of aromatic nitrogens is 3. The molecule has 0 radical (unpaired) electrons. The minimum absolute atomic E-state index is 0.176. The maximum atomic E-state index is 8.60. The highest BCUT2D eigenvalue weighted by Gasteiger charge is 2.04. The zero-order chi connectivity index (χ0) is 11.4. The van der Waals surface area contributed by atoms with Crippen molar-refractivity contribution in [3.8, 4) is 11.8 Å². The fourth-order valence-corrected chi connectivity index (χ4v) is 1.43. The van der Waals surface area contributed by atoms with E-state index >= 15 is 0 Å². The summed E-state index contributed by atoms with van der Waals surface area (Å²) in [5, 5.41) is 12.6. The SMILES string of the molecule is COc1ccccc1Cn1cnc(C#N)n1. The zero-order valence-electron chi connectivity index (χ0n) is 8.79. The number of hydrogen-bond acceptors (Lipinski definition) is 4. The van der Waals surface area contributed by atoms with Gasteiger partial charge in [0.25, 0.3) is 5.82 Å². The molecule has 0 amide bonds. The van der Waals surface area contributed by atoms with Crippen molar-refractivity contribution in [3.05, 3.63) is 42.0 Å². The molecule has 1 aromatic carbocycles. The number of rotatable bonds is 3. The number of hydrogen-bond donors (Lipinski definition) is 0. The largest absolute Gasteiger partial charge is 0.496 e. The molecule has 0 saturated carbocycles. The lowest BCUT2D eigenvalue weighted by atomic mass is 10.2. The Morgan fingerprint density at radius 2 is 2.25 bits per heavy atom. The Kier molecular flexibility index (Phi) is 2.83. The summed E-state index contributed by atoms with van der Waals surface area (Å²) in [6, 6.07) is 9.56. The summed E-state index contributed by atoms with van der Waals surface area (Å²) in [6.45, 7) is 0.540. The monoisotopic (exact) mass is 214 g/mol. The molecular weight excluding hydrogens is 204 g/mol. The first-order chi connectivity index (χ1) is 7.83. The Hall–Kier alpha value is -2.35. The number of ether oxygens (including phenoxy) is 1. The molecule has 1 aromatic heterocycles. The zero-order valence-corrected chi connectivity index (χ0v) is 8.79. The molecule has 5 heteroatoms. The Morgan fingerprint density at radius 1 is 1.44 bits per heavy atom. The summed E-state index contributed by atoms with van der Waals surface area (Å²) in [7, 11) is 1.63. The molecule has 0 aliphatic rings. The van der Waals surface area contributed by atoms with Crippen LogP contribution in [0.3, 0.4) is 0 Å². The van der Waals surface area contributed by atoms with Crippen molar-refractivity contribution in [2.75, 3.05) is 7.11 Å². The van der Waals surface area contributed by atoms with Crippen LogP contribution >= 0.6 is 0 Å². The Balaban J connectivity index is 2.23. The third-order valence-corrected chi connectivity index (χ3v) is 2.16. The van der Waals surface area contributed by atoms with Gasteiger partial charge in [0.2, 0.25) is 0 Å². The van der Waals surface area contributed by atoms with Gasteiger partial charge in [0.15, 0.2) is 0 Å². The van der Waals surface area contributed by atoms with Gasteiger partial charge >= 0.3 is 0 Å². The normalized spacial score (nSPS) is 9.75. The summed E-state index contributed by atoms with van der Waals surface area (Å²) in [4.78, 5) is 3.84. The van der Waals surface area contributed by atoms with E-state index in [2.05, 4.69) is 10.1 Å². The van der Waals surface area contributed by atoms with Crippen molar-refractivity contribution in [3.63, 3.8) is 0 Å². The minimum atomic E-state index is 0.176. The van der Waals surface area contributed by atoms with Crippen LogP contribution in [0.15, 0.2) is 30.6 Å². The van der Waals surface area contributed by atoms with Crippen molar-refractivity contribution < 1.29 is 4.74 Å². The molecule has 1 heterocycles. The van der Waals surface area contributed by atoms with Gasteiger partial charge in [0, 0.05) is 5.56 Å².